The molecule has 0 saturated heterocycles. The van der Waals surface area contributed by atoms with Gasteiger partial charge in [-0.25, -0.2) is 0 Å². The first kappa shape index (κ1) is 36.7. The molecule has 0 aliphatic carbocycles. The zero-order valence-corrected chi connectivity index (χ0v) is 28.2. The van der Waals surface area contributed by atoms with Gasteiger partial charge in [-0.2, -0.15) is 39.5 Å². The van der Waals surface area contributed by atoms with Gasteiger partial charge in [0.2, 0.25) is 0 Å². The van der Waals surface area contributed by atoms with Gasteiger partial charge in [0.25, 0.3) is 0 Å². The van der Waals surface area contributed by atoms with Crippen molar-refractivity contribution < 1.29 is 39.5 Å². The van der Waals surface area contributed by atoms with E-state index in [9.17, 15) is 39.5 Å². The Morgan fingerprint density at radius 2 is 0.660 bits per heavy atom. The Balaban J connectivity index is 2.04. The van der Waals surface area contributed by atoms with Crippen LogP contribution in [0.2, 0.25) is 0 Å². The van der Waals surface area contributed by atoms with Crippen molar-refractivity contribution in [2.75, 3.05) is 0 Å². The van der Waals surface area contributed by atoms with Crippen LogP contribution in [0.1, 0.15) is 69.4 Å². The molecule has 0 spiro atoms. The van der Waals surface area contributed by atoms with Gasteiger partial charge in [-0.3, -0.25) is 0 Å². The van der Waals surface area contributed by atoms with Crippen molar-refractivity contribution in [2.45, 2.75) is 70.9 Å². The van der Waals surface area contributed by atoms with Crippen LogP contribution >= 0.6 is 0 Å². The van der Waals surface area contributed by atoms with Crippen LogP contribution in [-0.4, -0.2) is 0 Å². The zero-order valence-electron chi connectivity index (χ0n) is 28.2. The summed E-state index contributed by atoms with van der Waals surface area (Å²) in [6.07, 6.45) is -15.0. The Hall–Kier alpha value is -4.53. The van der Waals surface area contributed by atoms with E-state index in [0.29, 0.717) is 34.4 Å². The molecule has 262 valence electrons. The minimum atomic E-state index is -5.10. The van der Waals surface area contributed by atoms with Crippen LogP contribution in [0.4, 0.5) is 39.5 Å². The fraction of sp³-hybridized carbons (Fsp3) is 0.268. The quantitative estimate of drug-likeness (QED) is 0.164. The van der Waals surface area contributed by atoms with Gasteiger partial charge < -0.3 is 0 Å². The Morgan fingerprint density at radius 1 is 0.340 bits per heavy atom. The predicted molar refractivity (Wildman–Crippen MR) is 181 cm³/mol. The lowest BCUT2D eigenvalue weighted by molar-refractivity contribution is -0.143. The normalized spacial score (nSPS) is 13.1. The molecular formula is C41H35F9. The predicted octanol–water partition coefficient (Wildman–Crippen LogP) is 14.0. The van der Waals surface area contributed by atoms with E-state index in [1.807, 2.05) is 41.5 Å². The molecule has 0 bridgehead atoms. The van der Waals surface area contributed by atoms with Crippen LogP contribution in [0.3, 0.4) is 0 Å². The highest BCUT2D eigenvalue weighted by Crippen LogP contribution is 2.51. The van der Waals surface area contributed by atoms with E-state index >= 15 is 0 Å². The SMILES string of the molecule is CC(C)(C)c1ccccc1-c1cc(C(F)(F)F)cc(-c2ccccc2C(C)(C)C)c1-c1ccccc1-c1cc(C(F)(F)F)cc(C(F)(F)F)c1. The van der Waals surface area contributed by atoms with Crippen molar-refractivity contribution in [1.29, 1.82) is 0 Å². The first-order chi connectivity index (χ1) is 23.0. The molecule has 0 nitrogen and oxygen atoms in total. The van der Waals surface area contributed by atoms with Gasteiger partial charge in [0.1, 0.15) is 0 Å². The van der Waals surface area contributed by atoms with Crippen LogP contribution in [0.15, 0.2) is 103 Å². The monoisotopic (exact) mass is 698 g/mol. The molecule has 0 saturated carbocycles. The van der Waals surface area contributed by atoms with Crippen molar-refractivity contribution >= 4 is 0 Å². The van der Waals surface area contributed by atoms with Crippen molar-refractivity contribution in [2.24, 2.45) is 0 Å². The lowest BCUT2D eigenvalue weighted by Gasteiger charge is -2.29. The molecule has 0 amide bonds. The number of hydrogen-bond donors (Lipinski definition) is 0. The summed E-state index contributed by atoms with van der Waals surface area (Å²) >= 11 is 0. The summed E-state index contributed by atoms with van der Waals surface area (Å²) < 4.78 is 129. The molecule has 0 aliphatic heterocycles. The third-order valence-electron chi connectivity index (χ3n) is 8.61. The summed E-state index contributed by atoms with van der Waals surface area (Å²) in [5, 5.41) is 0. The fourth-order valence-corrected chi connectivity index (χ4v) is 6.33. The first-order valence-electron chi connectivity index (χ1n) is 15.8. The maximum absolute atomic E-state index is 14.8. The number of hydrogen-bond acceptors (Lipinski definition) is 0. The maximum atomic E-state index is 14.8. The lowest BCUT2D eigenvalue weighted by Crippen LogP contribution is -2.15. The third-order valence-corrected chi connectivity index (χ3v) is 8.61. The third kappa shape index (κ3) is 7.47. The highest BCUT2D eigenvalue weighted by molar-refractivity contribution is 6.01. The van der Waals surface area contributed by atoms with Crippen LogP contribution in [-0.2, 0) is 29.4 Å². The molecule has 0 aliphatic rings. The number of halogens is 9. The molecule has 0 radical (unpaired) electrons. The smallest absolute Gasteiger partial charge is 0.166 e. The van der Waals surface area contributed by atoms with E-state index in [-0.39, 0.29) is 39.4 Å². The van der Waals surface area contributed by atoms with E-state index in [1.54, 1.807) is 54.6 Å². The lowest BCUT2D eigenvalue weighted by atomic mass is 9.75. The zero-order chi connectivity index (χ0) is 37.0. The van der Waals surface area contributed by atoms with Gasteiger partial charge in [0.05, 0.1) is 16.7 Å². The van der Waals surface area contributed by atoms with Crippen molar-refractivity contribution in [3.05, 3.63) is 131 Å². The summed E-state index contributed by atoms with van der Waals surface area (Å²) in [5.74, 6) is 0. The molecule has 0 fully saturated rings. The molecule has 0 atom stereocenters. The standard InChI is InChI=1S/C41H35F9/c1-37(2,3)34-17-11-9-14-29(34)32-22-27(41(48,49)50)23-33(30-15-10-12-18-35(30)38(4,5)6)36(32)31-16-8-7-13-28(31)24-19-25(39(42,43)44)21-26(20-24)40(45,46)47/h7-23H,1-6H3. The second-order valence-electron chi connectivity index (χ2n) is 14.4. The minimum absolute atomic E-state index is 0.00663. The summed E-state index contributed by atoms with van der Waals surface area (Å²) in [4.78, 5) is 0. The Labute approximate surface area is 285 Å². The first-order valence-corrected chi connectivity index (χ1v) is 15.8. The molecular weight excluding hydrogens is 663 g/mol. The molecule has 9 heteroatoms. The number of rotatable bonds is 4. The topological polar surface area (TPSA) is 0 Å². The maximum Gasteiger partial charge on any atom is 0.416 e. The van der Waals surface area contributed by atoms with Crippen LogP contribution in [0.25, 0.3) is 44.5 Å². The van der Waals surface area contributed by atoms with E-state index < -0.39 is 46.0 Å². The van der Waals surface area contributed by atoms with Crippen molar-refractivity contribution in [1.82, 2.24) is 0 Å². The van der Waals surface area contributed by atoms with Gasteiger partial charge in [-0.15, -0.1) is 0 Å². The average Bonchev–Trinajstić information content (AvgIpc) is 3.02. The number of benzene rings is 5. The van der Waals surface area contributed by atoms with Gasteiger partial charge in [0.15, 0.2) is 0 Å². The highest BCUT2D eigenvalue weighted by atomic mass is 19.4. The summed E-state index contributed by atoms with van der Waals surface area (Å²) in [6.45, 7) is 11.4. The second-order valence-corrected chi connectivity index (χ2v) is 14.4. The van der Waals surface area contributed by atoms with E-state index in [2.05, 4.69) is 0 Å². The van der Waals surface area contributed by atoms with Gasteiger partial charge in [0, 0.05) is 0 Å². The Morgan fingerprint density at radius 3 is 1.02 bits per heavy atom. The van der Waals surface area contributed by atoms with Crippen LogP contribution in [0.5, 0.6) is 0 Å². The van der Waals surface area contributed by atoms with Gasteiger partial charge in [-0.05, 0) is 96.8 Å². The van der Waals surface area contributed by atoms with Crippen molar-refractivity contribution in [3.63, 3.8) is 0 Å². The molecule has 0 aromatic heterocycles. The molecule has 0 unspecified atom stereocenters. The second kappa shape index (κ2) is 12.7. The molecule has 5 aromatic rings. The van der Waals surface area contributed by atoms with E-state index in [0.717, 1.165) is 12.1 Å². The molecule has 50 heavy (non-hydrogen) atoms. The molecule has 5 rings (SSSR count). The van der Waals surface area contributed by atoms with Crippen molar-refractivity contribution in [3.8, 4) is 44.5 Å². The van der Waals surface area contributed by atoms with E-state index in [1.165, 1.54) is 18.2 Å². The Kier molecular flexibility index (Phi) is 9.30. The molecule has 0 N–H and O–H groups in total. The minimum Gasteiger partial charge on any atom is -0.166 e. The van der Waals surface area contributed by atoms with Crippen LogP contribution in [0, 0.1) is 0 Å². The van der Waals surface area contributed by atoms with Gasteiger partial charge in [-0.1, -0.05) is 114 Å². The van der Waals surface area contributed by atoms with E-state index in [4.69, 9.17) is 0 Å². The fourth-order valence-electron chi connectivity index (χ4n) is 6.33. The highest BCUT2D eigenvalue weighted by Gasteiger charge is 2.38. The summed E-state index contributed by atoms with van der Waals surface area (Å²) in [5.41, 5.74) is -2.47. The molecule has 5 aromatic carbocycles. The van der Waals surface area contributed by atoms with Crippen LogP contribution < -0.4 is 0 Å². The summed E-state index contributed by atoms with van der Waals surface area (Å²) in [6, 6.07) is 23.2. The average molecular weight is 699 g/mol. The summed E-state index contributed by atoms with van der Waals surface area (Å²) in [7, 11) is 0. The Bertz CT molecular complexity index is 1920. The largest absolute Gasteiger partial charge is 0.416 e. The van der Waals surface area contributed by atoms with Gasteiger partial charge >= 0.3 is 18.5 Å². The molecule has 0 heterocycles. The number of alkyl halides is 9.